The van der Waals surface area contributed by atoms with E-state index in [4.69, 9.17) is 23.2 Å². The van der Waals surface area contributed by atoms with Crippen molar-refractivity contribution in [3.05, 3.63) is 40.4 Å². The molecule has 1 aromatic carbocycles. The van der Waals surface area contributed by atoms with E-state index >= 15 is 0 Å². The Hall–Kier alpha value is -0.460. The highest BCUT2D eigenvalue weighted by Crippen LogP contribution is 2.22. The molecule has 0 nitrogen and oxygen atoms in total. The van der Waals surface area contributed by atoms with Crippen LogP contribution in [0, 0.1) is 0 Å². The van der Waals surface area contributed by atoms with Crippen molar-refractivity contribution in [2.24, 2.45) is 0 Å². The maximum absolute atomic E-state index is 5.86. The van der Waals surface area contributed by atoms with Gasteiger partial charge in [-0.3, -0.25) is 0 Å². The monoisotopic (exact) mass is 228 g/mol. The fourth-order valence-corrected chi connectivity index (χ4v) is 1.88. The summed E-state index contributed by atoms with van der Waals surface area (Å²) in [5.41, 5.74) is 3.75. The molecule has 0 heterocycles. The van der Waals surface area contributed by atoms with Gasteiger partial charge in [0.2, 0.25) is 0 Å². The zero-order chi connectivity index (χ0) is 10.6. The molecule has 0 amide bonds. The van der Waals surface area contributed by atoms with E-state index in [1.165, 1.54) is 16.7 Å². The quantitative estimate of drug-likeness (QED) is 0.655. The van der Waals surface area contributed by atoms with Gasteiger partial charge in [-0.15, -0.1) is 11.6 Å². The standard InChI is InChI=1S/C12H14Cl2/c1-3-10(8-13)9(2)11-4-6-12(14)7-5-11/h4-7H,3,8H2,1-2H3/b10-9-. The summed E-state index contributed by atoms with van der Waals surface area (Å²) < 4.78 is 0. The van der Waals surface area contributed by atoms with Gasteiger partial charge in [-0.2, -0.15) is 0 Å². The van der Waals surface area contributed by atoms with Crippen LogP contribution in [0.3, 0.4) is 0 Å². The molecule has 0 aliphatic rings. The third kappa shape index (κ3) is 2.76. The van der Waals surface area contributed by atoms with Crippen molar-refractivity contribution >= 4 is 28.8 Å². The Bertz CT molecular complexity index is 317. The Labute approximate surface area is 95.5 Å². The van der Waals surface area contributed by atoms with Crippen molar-refractivity contribution in [1.29, 1.82) is 0 Å². The molecule has 0 radical (unpaired) electrons. The second-order valence-electron chi connectivity index (χ2n) is 3.22. The number of alkyl halides is 1. The minimum absolute atomic E-state index is 0.602. The van der Waals surface area contributed by atoms with Gasteiger partial charge in [0.05, 0.1) is 0 Å². The van der Waals surface area contributed by atoms with Crippen LogP contribution in [0.5, 0.6) is 0 Å². The summed E-state index contributed by atoms with van der Waals surface area (Å²) in [5, 5.41) is 0.769. The van der Waals surface area contributed by atoms with Gasteiger partial charge in [0.1, 0.15) is 0 Å². The summed E-state index contributed by atoms with van der Waals surface area (Å²) >= 11 is 11.7. The van der Waals surface area contributed by atoms with Crippen molar-refractivity contribution in [2.75, 3.05) is 5.88 Å². The van der Waals surface area contributed by atoms with Crippen molar-refractivity contribution in [2.45, 2.75) is 20.3 Å². The minimum atomic E-state index is 0.602. The molecule has 0 saturated heterocycles. The smallest absolute Gasteiger partial charge is 0.0439 e. The Balaban J connectivity index is 3.04. The Morgan fingerprint density at radius 1 is 1.21 bits per heavy atom. The predicted molar refractivity (Wildman–Crippen MR) is 65.1 cm³/mol. The van der Waals surface area contributed by atoms with Crippen molar-refractivity contribution in [3.63, 3.8) is 0 Å². The number of halogens is 2. The van der Waals surface area contributed by atoms with Crippen molar-refractivity contribution < 1.29 is 0 Å². The van der Waals surface area contributed by atoms with Crippen LogP contribution in [-0.2, 0) is 0 Å². The third-order valence-electron chi connectivity index (χ3n) is 2.40. The van der Waals surface area contributed by atoms with Gasteiger partial charge in [0.15, 0.2) is 0 Å². The van der Waals surface area contributed by atoms with Crippen LogP contribution in [-0.4, -0.2) is 5.88 Å². The molecule has 0 aliphatic heterocycles. The highest BCUT2D eigenvalue weighted by Gasteiger charge is 2.01. The molecule has 0 fully saturated rings. The summed E-state index contributed by atoms with van der Waals surface area (Å²) in [6.45, 7) is 4.22. The first-order valence-electron chi connectivity index (χ1n) is 4.69. The Kier molecular flexibility index (Phi) is 4.50. The number of allylic oxidation sites excluding steroid dienone is 2. The summed E-state index contributed by atoms with van der Waals surface area (Å²) in [7, 11) is 0. The maximum atomic E-state index is 5.86. The van der Waals surface area contributed by atoms with Crippen molar-refractivity contribution in [1.82, 2.24) is 0 Å². The second kappa shape index (κ2) is 5.43. The second-order valence-corrected chi connectivity index (χ2v) is 3.93. The van der Waals surface area contributed by atoms with Crippen LogP contribution in [0.15, 0.2) is 29.8 Å². The summed E-state index contributed by atoms with van der Waals surface area (Å²) in [4.78, 5) is 0. The first kappa shape index (κ1) is 11.6. The lowest BCUT2D eigenvalue weighted by Gasteiger charge is -2.07. The van der Waals surface area contributed by atoms with Gasteiger partial charge < -0.3 is 0 Å². The van der Waals surface area contributed by atoms with E-state index in [0.717, 1.165) is 11.4 Å². The lowest BCUT2D eigenvalue weighted by atomic mass is 10.0. The zero-order valence-electron chi connectivity index (χ0n) is 8.48. The van der Waals surface area contributed by atoms with E-state index in [0.29, 0.717) is 5.88 Å². The van der Waals surface area contributed by atoms with E-state index in [-0.39, 0.29) is 0 Å². The number of rotatable bonds is 3. The number of hydrogen-bond donors (Lipinski definition) is 0. The molecule has 1 rings (SSSR count). The molecule has 0 saturated carbocycles. The molecule has 14 heavy (non-hydrogen) atoms. The average Bonchev–Trinajstić information content (AvgIpc) is 2.20. The fraction of sp³-hybridized carbons (Fsp3) is 0.333. The van der Waals surface area contributed by atoms with E-state index in [1.807, 2.05) is 24.3 Å². The lowest BCUT2D eigenvalue weighted by molar-refractivity contribution is 1.10. The fourth-order valence-electron chi connectivity index (χ4n) is 1.36. The van der Waals surface area contributed by atoms with Gasteiger partial charge in [0.25, 0.3) is 0 Å². The summed E-state index contributed by atoms with van der Waals surface area (Å²) in [6, 6.07) is 7.86. The molecular formula is C12H14Cl2. The highest BCUT2D eigenvalue weighted by molar-refractivity contribution is 6.30. The van der Waals surface area contributed by atoms with Gasteiger partial charge in [-0.25, -0.2) is 0 Å². The maximum Gasteiger partial charge on any atom is 0.0439 e. The molecule has 0 atom stereocenters. The van der Waals surface area contributed by atoms with Gasteiger partial charge >= 0.3 is 0 Å². The largest absolute Gasteiger partial charge is 0.122 e. The number of hydrogen-bond acceptors (Lipinski definition) is 0. The average molecular weight is 229 g/mol. The third-order valence-corrected chi connectivity index (χ3v) is 2.97. The zero-order valence-corrected chi connectivity index (χ0v) is 9.99. The molecule has 76 valence electrons. The van der Waals surface area contributed by atoms with Gasteiger partial charge in [0, 0.05) is 10.9 Å². The summed E-state index contributed by atoms with van der Waals surface area (Å²) in [6.07, 6.45) is 0.998. The van der Waals surface area contributed by atoms with Crippen LogP contribution in [0.4, 0.5) is 0 Å². The first-order valence-corrected chi connectivity index (χ1v) is 5.60. The molecular weight excluding hydrogens is 215 g/mol. The molecule has 0 spiro atoms. The van der Waals surface area contributed by atoms with E-state index in [1.54, 1.807) is 0 Å². The van der Waals surface area contributed by atoms with E-state index < -0.39 is 0 Å². The molecule has 0 bridgehead atoms. The number of benzene rings is 1. The molecule has 1 aromatic rings. The highest BCUT2D eigenvalue weighted by atomic mass is 35.5. The van der Waals surface area contributed by atoms with E-state index in [9.17, 15) is 0 Å². The van der Waals surface area contributed by atoms with Crippen LogP contribution >= 0.6 is 23.2 Å². The normalized spacial score (nSPS) is 12.6. The first-order chi connectivity index (χ1) is 6.69. The van der Waals surface area contributed by atoms with Gasteiger partial charge in [-0.1, -0.05) is 36.2 Å². The van der Waals surface area contributed by atoms with Gasteiger partial charge in [-0.05, 0) is 36.6 Å². The van der Waals surface area contributed by atoms with Crippen molar-refractivity contribution in [3.8, 4) is 0 Å². The molecule has 2 heteroatoms. The van der Waals surface area contributed by atoms with E-state index in [2.05, 4.69) is 13.8 Å². The molecule has 0 unspecified atom stereocenters. The van der Waals surface area contributed by atoms with Crippen LogP contribution in [0.2, 0.25) is 5.02 Å². The summed E-state index contributed by atoms with van der Waals surface area (Å²) in [5.74, 6) is 0.602. The lowest BCUT2D eigenvalue weighted by Crippen LogP contribution is -1.89. The SMILES string of the molecule is CC/C(CCl)=C(\C)c1ccc(Cl)cc1. The molecule has 0 aliphatic carbocycles. The Morgan fingerprint density at radius 2 is 1.79 bits per heavy atom. The Morgan fingerprint density at radius 3 is 2.21 bits per heavy atom. The van der Waals surface area contributed by atoms with Crippen LogP contribution < -0.4 is 0 Å². The van der Waals surface area contributed by atoms with Crippen LogP contribution in [0.1, 0.15) is 25.8 Å². The van der Waals surface area contributed by atoms with Crippen LogP contribution in [0.25, 0.3) is 5.57 Å². The molecule has 0 N–H and O–H groups in total. The minimum Gasteiger partial charge on any atom is -0.122 e. The molecule has 0 aromatic heterocycles. The predicted octanol–water partition coefficient (Wildman–Crippen LogP) is 4.76. The topological polar surface area (TPSA) is 0 Å².